The third-order valence-electron chi connectivity index (χ3n) is 1.64. The van der Waals surface area contributed by atoms with Gasteiger partial charge in [0.25, 0.3) is 0 Å². The van der Waals surface area contributed by atoms with Gasteiger partial charge in [-0.25, -0.2) is 4.79 Å². The van der Waals surface area contributed by atoms with E-state index in [9.17, 15) is 4.79 Å². The van der Waals surface area contributed by atoms with E-state index < -0.39 is 0 Å². The Hall–Kier alpha value is -0.440. The van der Waals surface area contributed by atoms with Crippen molar-refractivity contribution in [1.29, 1.82) is 0 Å². The molecule has 76 valence electrons. The van der Waals surface area contributed by atoms with Crippen LogP contribution >= 0.6 is 11.8 Å². The van der Waals surface area contributed by atoms with Gasteiger partial charge in [-0.1, -0.05) is 20.4 Å². The monoisotopic (exact) mass is 202 g/mol. The van der Waals surface area contributed by atoms with E-state index in [-0.39, 0.29) is 5.97 Å². The van der Waals surface area contributed by atoms with Gasteiger partial charge < -0.3 is 4.74 Å². The Labute approximate surface area is 84.7 Å². The van der Waals surface area contributed by atoms with Crippen molar-refractivity contribution < 1.29 is 9.53 Å². The van der Waals surface area contributed by atoms with Crippen molar-refractivity contribution in [2.45, 2.75) is 32.4 Å². The van der Waals surface area contributed by atoms with Gasteiger partial charge in [0.1, 0.15) is 6.61 Å². The van der Waals surface area contributed by atoms with E-state index in [1.165, 1.54) is 0 Å². The molecule has 0 fully saturated rings. The molecule has 2 nitrogen and oxygen atoms in total. The zero-order valence-electron chi connectivity index (χ0n) is 8.63. The first-order valence-corrected chi connectivity index (χ1v) is 5.57. The number of esters is 1. The lowest BCUT2D eigenvalue weighted by Crippen LogP contribution is -2.09. The highest BCUT2D eigenvalue weighted by Crippen LogP contribution is 2.12. The summed E-state index contributed by atoms with van der Waals surface area (Å²) in [6.07, 6.45) is 1.15. The topological polar surface area (TPSA) is 26.3 Å². The number of thioether (sulfide) groups is 1. The molecular formula is C10H18O2S. The summed E-state index contributed by atoms with van der Waals surface area (Å²) in [6, 6.07) is 0. The summed E-state index contributed by atoms with van der Waals surface area (Å²) in [5.41, 5.74) is 0.466. The smallest absolute Gasteiger partial charge is 0.333 e. The van der Waals surface area contributed by atoms with E-state index >= 15 is 0 Å². The first-order valence-electron chi connectivity index (χ1n) is 4.52. The van der Waals surface area contributed by atoms with Crippen LogP contribution in [-0.2, 0) is 9.53 Å². The van der Waals surface area contributed by atoms with Crippen LogP contribution in [0.25, 0.3) is 0 Å². The normalized spacial score (nSPS) is 12.2. The molecule has 0 aromatic heterocycles. The van der Waals surface area contributed by atoms with Crippen molar-refractivity contribution in [3.8, 4) is 0 Å². The van der Waals surface area contributed by atoms with Crippen LogP contribution in [-0.4, -0.2) is 23.6 Å². The van der Waals surface area contributed by atoms with Crippen molar-refractivity contribution in [3.05, 3.63) is 12.2 Å². The second-order valence-corrected chi connectivity index (χ2v) is 4.55. The predicted molar refractivity (Wildman–Crippen MR) is 58.0 cm³/mol. The highest BCUT2D eigenvalue weighted by molar-refractivity contribution is 7.99. The standard InChI is InChI=1S/C10H18O2S/c1-5-9(4)13-7-6-12-10(11)8(2)3/h9H,2,5-7H2,1,3-4H3. The van der Waals surface area contributed by atoms with E-state index in [1.807, 2.05) is 11.8 Å². The SMILES string of the molecule is C=C(C)C(=O)OCCSC(C)CC. The van der Waals surface area contributed by atoms with Gasteiger partial charge in [-0.05, 0) is 13.3 Å². The molecule has 3 heteroatoms. The maximum atomic E-state index is 10.9. The average molecular weight is 202 g/mol. The van der Waals surface area contributed by atoms with Gasteiger partial charge >= 0.3 is 5.97 Å². The van der Waals surface area contributed by atoms with Crippen molar-refractivity contribution >= 4 is 17.7 Å². The number of hydrogen-bond acceptors (Lipinski definition) is 3. The molecule has 0 aliphatic heterocycles. The zero-order valence-corrected chi connectivity index (χ0v) is 9.45. The molecule has 0 amide bonds. The summed E-state index contributed by atoms with van der Waals surface area (Å²) < 4.78 is 4.94. The Bertz CT molecular complexity index is 178. The Morgan fingerprint density at radius 1 is 1.62 bits per heavy atom. The average Bonchev–Trinajstić information content (AvgIpc) is 2.11. The maximum Gasteiger partial charge on any atom is 0.333 e. The van der Waals surface area contributed by atoms with Gasteiger partial charge in [-0.15, -0.1) is 0 Å². The molecule has 0 N–H and O–H groups in total. The van der Waals surface area contributed by atoms with Crippen LogP contribution in [0.4, 0.5) is 0 Å². The van der Waals surface area contributed by atoms with E-state index in [1.54, 1.807) is 6.92 Å². The fourth-order valence-electron chi connectivity index (χ4n) is 0.625. The molecule has 0 aliphatic carbocycles. The van der Waals surface area contributed by atoms with Crippen LogP contribution in [0.5, 0.6) is 0 Å². The summed E-state index contributed by atoms with van der Waals surface area (Å²) in [4.78, 5) is 10.9. The lowest BCUT2D eigenvalue weighted by Gasteiger charge is -2.08. The molecule has 0 aromatic rings. The Kier molecular flexibility index (Phi) is 6.77. The third-order valence-corrected chi connectivity index (χ3v) is 2.95. The number of rotatable bonds is 6. The summed E-state index contributed by atoms with van der Waals surface area (Å²) in [5, 5.41) is 0.642. The van der Waals surface area contributed by atoms with Crippen LogP contribution in [0.2, 0.25) is 0 Å². The fraction of sp³-hybridized carbons (Fsp3) is 0.700. The molecular weight excluding hydrogens is 184 g/mol. The van der Waals surface area contributed by atoms with Gasteiger partial charge in [0, 0.05) is 16.6 Å². The second kappa shape index (κ2) is 7.01. The van der Waals surface area contributed by atoms with Gasteiger partial charge in [-0.2, -0.15) is 11.8 Å². The van der Waals surface area contributed by atoms with Crippen molar-refractivity contribution in [1.82, 2.24) is 0 Å². The highest BCUT2D eigenvalue weighted by Gasteiger charge is 2.03. The minimum atomic E-state index is -0.287. The van der Waals surface area contributed by atoms with Crippen molar-refractivity contribution in [2.75, 3.05) is 12.4 Å². The van der Waals surface area contributed by atoms with Crippen LogP contribution in [0.1, 0.15) is 27.2 Å². The van der Waals surface area contributed by atoms with Crippen LogP contribution < -0.4 is 0 Å². The van der Waals surface area contributed by atoms with Crippen LogP contribution in [0.3, 0.4) is 0 Å². The molecule has 0 aromatic carbocycles. The number of ether oxygens (including phenoxy) is 1. The fourth-order valence-corrected chi connectivity index (χ4v) is 1.44. The third kappa shape index (κ3) is 6.70. The molecule has 13 heavy (non-hydrogen) atoms. The summed E-state index contributed by atoms with van der Waals surface area (Å²) in [6.45, 7) is 9.97. The van der Waals surface area contributed by atoms with E-state index in [0.29, 0.717) is 17.4 Å². The Morgan fingerprint density at radius 2 is 2.23 bits per heavy atom. The molecule has 0 rings (SSSR count). The van der Waals surface area contributed by atoms with E-state index in [2.05, 4.69) is 20.4 Å². The zero-order chi connectivity index (χ0) is 10.3. The molecule has 0 saturated carbocycles. The predicted octanol–water partition coefficient (Wildman–Crippen LogP) is 2.64. The Balaban J connectivity index is 3.36. The quantitative estimate of drug-likeness (QED) is 0.376. The molecule has 0 radical (unpaired) electrons. The van der Waals surface area contributed by atoms with Crippen LogP contribution in [0, 0.1) is 0 Å². The molecule has 1 atom stereocenters. The van der Waals surface area contributed by atoms with Gasteiger partial charge in [0.2, 0.25) is 0 Å². The van der Waals surface area contributed by atoms with Crippen molar-refractivity contribution in [3.63, 3.8) is 0 Å². The largest absolute Gasteiger partial charge is 0.461 e. The highest BCUT2D eigenvalue weighted by atomic mass is 32.2. The minimum Gasteiger partial charge on any atom is -0.461 e. The summed E-state index contributed by atoms with van der Waals surface area (Å²) >= 11 is 1.82. The lowest BCUT2D eigenvalue weighted by molar-refractivity contribution is -0.138. The number of hydrogen-bond donors (Lipinski definition) is 0. The van der Waals surface area contributed by atoms with Crippen LogP contribution in [0.15, 0.2) is 12.2 Å². The molecule has 0 bridgehead atoms. The van der Waals surface area contributed by atoms with E-state index in [4.69, 9.17) is 4.74 Å². The van der Waals surface area contributed by atoms with Gasteiger partial charge in [0.15, 0.2) is 0 Å². The first-order chi connectivity index (χ1) is 6.07. The van der Waals surface area contributed by atoms with Gasteiger partial charge in [0.05, 0.1) is 0 Å². The second-order valence-electron chi connectivity index (χ2n) is 3.01. The first kappa shape index (κ1) is 12.6. The van der Waals surface area contributed by atoms with E-state index in [0.717, 1.165) is 12.2 Å². The maximum absolute atomic E-state index is 10.9. The molecule has 1 unspecified atom stereocenters. The summed E-state index contributed by atoms with van der Waals surface area (Å²) in [5.74, 6) is 0.582. The number of carbonyl (C=O) groups is 1. The molecule has 0 saturated heterocycles. The van der Waals surface area contributed by atoms with Gasteiger partial charge in [-0.3, -0.25) is 0 Å². The molecule has 0 aliphatic rings. The molecule has 0 heterocycles. The lowest BCUT2D eigenvalue weighted by atomic mass is 10.4. The summed E-state index contributed by atoms with van der Waals surface area (Å²) in [7, 11) is 0. The van der Waals surface area contributed by atoms with Crippen molar-refractivity contribution in [2.24, 2.45) is 0 Å². The number of carbonyl (C=O) groups excluding carboxylic acids is 1. The Morgan fingerprint density at radius 3 is 2.69 bits per heavy atom. The molecule has 0 spiro atoms. The minimum absolute atomic E-state index is 0.287.